The third-order valence-corrected chi connectivity index (χ3v) is 6.46. The molecule has 0 fully saturated rings. The van der Waals surface area contributed by atoms with E-state index >= 15 is 0 Å². The van der Waals surface area contributed by atoms with Crippen LogP contribution in [0.1, 0.15) is 18.2 Å². The fourth-order valence-electron chi connectivity index (χ4n) is 3.02. The molecule has 0 saturated heterocycles. The van der Waals surface area contributed by atoms with Gasteiger partial charge in [-0.1, -0.05) is 41.6 Å². The molecular weight excluding hydrogens is 436 g/mol. The van der Waals surface area contributed by atoms with Crippen LogP contribution in [0.25, 0.3) is 5.69 Å². The minimum Gasteiger partial charge on any atom is -0.295 e. The standard InChI is InChI=1S/C22H19ClN4OS2/c1-15-5-3-8-20(11-15)27(16(2)28)22-25-18(14-30-22)13-29-21-24-9-10-26(21)19-7-4-6-17(23)12-19/h3-12,14H,13H2,1-2H3. The zero-order chi connectivity index (χ0) is 21.1. The van der Waals surface area contributed by atoms with Gasteiger partial charge in [-0.3, -0.25) is 14.3 Å². The molecule has 4 aromatic rings. The van der Waals surface area contributed by atoms with Crippen molar-refractivity contribution in [3.63, 3.8) is 0 Å². The fourth-order valence-corrected chi connectivity index (χ4v) is 5.06. The van der Waals surface area contributed by atoms with Gasteiger partial charge in [0.05, 0.1) is 11.4 Å². The Morgan fingerprint density at radius 2 is 2.07 bits per heavy atom. The van der Waals surface area contributed by atoms with Crippen LogP contribution in [-0.2, 0) is 10.5 Å². The van der Waals surface area contributed by atoms with Crippen LogP contribution in [0.2, 0.25) is 5.02 Å². The first-order valence-corrected chi connectivity index (χ1v) is 11.5. The molecule has 0 bridgehead atoms. The van der Waals surface area contributed by atoms with Crippen molar-refractivity contribution < 1.29 is 4.79 Å². The van der Waals surface area contributed by atoms with E-state index in [0.29, 0.717) is 15.9 Å². The number of amides is 1. The average molecular weight is 455 g/mol. The molecule has 2 aromatic carbocycles. The normalized spacial score (nSPS) is 10.9. The fraction of sp³-hybridized carbons (Fsp3) is 0.136. The first kappa shape index (κ1) is 20.7. The molecule has 0 atom stereocenters. The van der Waals surface area contributed by atoms with Gasteiger partial charge in [0.15, 0.2) is 10.3 Å². The van der Waals surface area contributed by atoms with Gasteiger partial charge < -0.3 is 0 Å². The van der Waals surface area contributed by atoms with Gasteiger partial charge >= 0.3 is 0 Å². The van der Waals surface area contributed by atoms with Gasteiger partial charge in [0.25, 0.3) is 0 Å². The van der Waals surface area contributed by atoms with Gasteiger partial charge in [-0.05, 0) is 42.8 Å². The lowest BCUT2D eigenvalue weighted by Gasteiger charge is -2.18. The molecule has 0 aliphatic rings. The molecule has 4 rings (SSSR count). The third kappa shape index (κ3) is 4.59. The maximum Gasteiger partial charge on any atom is 0.230 e. The Morgan fingerprint density at radius 3 is 2.83 bits per heavy atom. The number of aromatic nitrogens is 3. The zero-order valence-electron chi connectivity index (χ0n) is 16.4. The zero-order valence-corrected chi connectivity index (χ0v) is 18.8. The second-order valence-electron chi connectivity index (χ2n) is 6.66. The number of aryl methyl sites for hydroxylation is 1. The lowest BCUT2D eigenvalue weighted by molar-refractivity contribution is -0.115. The summed E-state index contributed by atoms with van der Waals surface area (Å²) in [4.78, 5) is 23.1. The topological polar surface area (TPSA) is 51.0 Å². The minimum absolute atomic E-state index is 0.0642. The van der Waals surface area contributed by atoms with Crippen LogP contribution in [0, 0.1) is 6.92 Å². The Hall–Kier alpha value is -2.61. The molecule has 0 saturated carbocycles. The second-order valence-corrected chi connectivity index (χ2v) is 8.88. The van der Waals surface area contributed by atoms with Crippen LogP contribution in [0.3, 0.4) is 0 Å². The van der Waals surface area contributed by atoms with Crippen molar-refractivity contribution >= 4 is 51.4 Å². The van der Waals surface area contributed by atoms with Crippen LogP contribution in [0.15, 0.2) is 71.5 Å². The van der Waals surface area contributed by atoms with Crippen LogP contribution >= 0.6 is 34.7 Å². The van der Waals surface area contributed by atoms with Gasteiger partial charge in [0.2, 0.25) is 5.91 Å². The highest BCUT2D eigenvalue weighted by molar-refractivity contribution is 7.98. The molecule has 2 heterocycles. The molecule has 1 amide bonds. The van der Waals surface area contributed by atoms with Gasteiger partial charge in [0, 0.05) is 41.2 Å². The van der Waals surface area contributed by atoms with E-state index in [4.69, 9.17) is 16.6 Å². The summed E-state index contributed by atoms with van der Waals surface area (Å²) in [6.07, 6.45) is 3.68. The first-order chi connectivity index (χ1) is 14.5. The second kappa shape index (κ2) is 9.04. The molecule has 8 heteroatoms. The Morgan fingerprint density at radius 1 is 1.23 bits per heavy atom. The third-order valence-electron chi connectivity index (χ3n) is 4.35. The van der Waals surface area contributed by atoms with Crippen molar-refractivity contribution in [2.24, 2.45) is 0 Å². The summed E-state index contributed by atoms with van der Waals surface area (Å²) in [6.45, 7) is 3.56. The molecule has 0 radical (unpaired) electrons. The smallest absolute Gasteiger partial charge is 0.230 e. The summed E-state index contributed by atoms with van der Waals surface area (Å²) >= 11 is 9.17. The number of benzene rings is 2. The van der Waals surface area contributed by atoms with Gasteiger partial charge in [0.1, 0.15) is 0 Å². The molecule has 0 N–H and O–H groups in total. The molecule has 0 spiro atoms. The van der Waals surface area contributed by atoms with Crippen molar-refractivity contribution in [1.29, 1.82) is 0 Å². The Kier molecular flexibility index (Phi) is 6.22. The van der Waals surface area contributed by atoms with E-state index in [0.717, 1.165) is 27.8 Å². The number of thiazole rings is 1. The highest BCUT2D eigenvalue weighted by Crippen LogP contribution is 2.32. The molecule has 2 aromatic heterocycles. The van der Waals surface area contributed by atoms with Crippen molar-refractivity contribution in [1.82, 2.24) is 14.5 Å². The Labute approximate surface area is 188 Å². The molecule has 5 nitrogen and oxygen atoms in total. The monoisotopic (exact) mass is 454 g/mol. The number of hydrogen-bond acceptors (Lipinski definition) is 5. The summed E-state index contributed by atoms with van der Waals surface area (Å²) in [7, 11) is 0. The maximum atomic E-state index is 12.3. The lowest BCUT2D eigenvalue weighted by atomic mass is 10.2. The first-order valence-electron chi connectivity index (χ1n) is 9.25. The van der Waals surface area contributed by atoms with Crippen LogP contribution < -0.4 is 4.90 Å². The van der Waals surface area contributed by atoms with E-state index in [1.165, 1.54) is 11.3 Å². The van der Waals surface area contributed by atoms with Gasteiger partial charge in [-0.25, -0.2) is 9.97 Å². The number of hydrogen-bond donors (Lipinski definition) is 0. The summed E-state index contributed by atoms with van der Waals surface area (Å²) in [6, 6.07) is 15.5. The minimum atomic E-state index is -0.0642. The van der Waals surface area contributed by atoms with Crippen molar-refractivity contribution in [2.75, 3.05) is 4.90 Å². The van der Waals surface area contributed by atoms with Gasteiger partial charge in [-0.15, -0.1) is 11.3 Å². The van der Waals surface area contributed by atoms with Crippen molar-refractivity contribution in [3.8, 4) is 5.69 Å². The Balaban J connectivity index is 1.52. The molecular formula is C22H19ClN4OS2. The molecule has 30 heavy (non-hydrogen) atoms. The SMILES string of the molecule is CC(=O)N(c1cccc(C)c1)c1nc(CSc2nccn2-c2cccc(Cl)c2)cs1. The maximum absolute atomic E-state index is 12.3. The summed E-state index contributed by atoms with van der Waals surface area (Å²) < 4.78 is 2.00. The van der Waals surface area contributed by atoms with Gasteiger partial charge in [-0.2, -0.15) is 0 Å². The summed E-state index contributed by atoms with van der Waals surface area (Å²) in [5.41, 5.74) is 3.79. The number of carbonyl (C=O) groups is 1. The molecule has 0 aliphatic carbocycles. The van der Waals surface area contributed by atoms with Crippen LogP contribution in [-0.4, -0.2) is 20.4 Å². The number of imidazole rings is 1. The number of halogens is 1. The predicted octanol–water partition coefficient (Wildman–Crippen LogP) is 6.27. The van der Waals surface area contributed by atoms with E-state index in [9.17, 15) is 4.79 Å². The average Bonchev–Trinajstić information content (AvgIpc) is 3.36. The highest BCUT2D eigenvalue weighted by Gasteiger charge is 2.18. The number of nitrogens with zero attached hydrogens (tertiary/aromatic N) is 4. The van der Waals surface area contributed by atoms with Crippen LogP contribution in [0.5, 0.6) is 0 Å². The number of thioether (sulfide) groups is 1. The Bertz CT molecular complexity index is 1190. The van der Waals surface area contributed by atoms with E-state index in [2.05, 4.69) is 4.98 Å². The number of carbonyl (C=O) groups excluding carboxylic acids is 1. The van der Waals surface area contributed by atoms with E-state index in [1.807, 2.05) is 71.6 Å². The number of rotatable bonds is 6. The van der Waals surface area contributed by atoms with E-state index in [-0.39, 0.29) is 5.91 Å². The lowest BCUT2D eigenvalue weighted by Crippen LogP contribution is -2.22. The summed E-state index contributed by atoms with van der Waals surface area (Å²) in [5.74, 6) is 0.582. The summed E-state index contributed by atoms with van der Waals surface area (Å²) in [5, 5.41) is 4.19. The largest absolute Gasteiger partial charge is 0.295 e. The number of anilines is 2. The van der Waals surface area contributed by atoms with E-state index < -0.39 is 0 Å². The van der Waals surface area contributed by atoms with Crippen LogP contribution in [0.4, 0.5) is 10.8 Å². The predicted molar refractivity (Wildman–Crippen MR) is 124 cm³/mol. The highest BCUT2D eigenvalue weighted by atomic mass is 35.5. The molecule has 152 valence electrons. The quantitative estimate of drug-likeness (QED) is 0.322. The van der Waals surface area contributed by atoms with Crippen molar-refractivity contribution in [3.05, 3.63) is 82.6 Å². The molecule has 0 aliphatic heterocycles. The molecule has 0 unspecified atom stereocenters. The van der Waals surface area contributed by atoms with Crippen molar-refractivity contribution in [2.45, 2.75) is 24.8 Å². The van der Waals surface area contributed by atoms with E-state index in [1.54, 1.807) is 29.8 Å².